The SMILES string of the molecule is COc1ccc2c3c(c4c(c2c1)OC(c1ccccc1)(c1ccc(N(C)C)cc1)C=C4)C1(c2ccccc2-3)c2cccc3c2-c2c(cccc21)C3. The fraction of sp³-hybridized carbons (Fsp3) is 0.125. The summed E-state index contributed by atoms with van der Waals surface area (Å²) >= 11 is 0. The molecule has 51 heavy (non-hydrogen) atoms. The smallest absolute Gasteiger partial charge is 0.178 e. The Hall–Kier alpha value is -6.06. The third-order valence-electron chi connectivity index (χ3n) is 12.0. The van der Waals surface area contributed by atoms with E-state index in [0.29, 0.717) is 0 Å². The molecule has 4 aliphatic rings. The van der Waals surface area contributed by atoms with Crippen LogP contribution in [0.1, 0.15) is 50.1 Å². The average Bonchev–Trinajstić information content (AvgIpc) is 3.83. The highest BCUT2D eigenvalue weighted by Gasteiger charge is 2.56. The van der Waals surface area contributed by atoms with Gasteiger partial charge in [-0.25, -0.2) is 0 Å². The molecule has 0 fully saturated rings. The van der Waals surface area contributed by atoms with E-state index in [2.05, 4.69) is 165 Å². The van der Waals surface area contributed by atoms with Gasteiger partial charge in [-0.05, 0) is 104 Å². The third kappa shape index (κ3) is 3.48. The van der Waals surface area contributed by atoms with Gasteiger partial charge < -0.3 is 14.4 Å². The van der Waals surface area contributed by atoms with E-state index in [1.54, 1.807) is 7.11 Å². The summed E-state index contributed by atoms with van der Waals surface area (Å²) in [4.78, 5) is 2.13. The van der Waals surface area contributed by atoms with E-state index in [0.717, 1.165) is 45.7 Å². The molecule has 11 rings (SSSR count). The summed E-state index contributed by atoms with van der Waals surface area (Å²) in [6.45, 7) is 0. The van der Waals surface area contributed by atoms with Crippen molar-refractivity contribution in [1.29, 1.82) is 0 Å². The van der Waals surface area contributed by atoms with Crippen molar-refractivity contribution in [2.24, 2.45) is 0 Å². The fourth-order valence-electron chi connectivity index (χ4n) is 9.87. The summed E-state index contributed by atoms with van der Waals surface area (Å²) in [5.41, 5.74) is 16.8. The maximum Gasteiger partial charge on any atom is 0.178 e. The average molecular weight is 658 g/mol. The predicted molar refractivity (Wildman–Crippen MR) is 207 cm³/mol. The summed E-state index contributed by atoms with van der Waals surface area (Å²) in [5.74, 6) is 1.70. The van der Waals surface area contributed by atoms with Crippen LogP contribution in [-0.4, -0.2) is 21.2 Å². The minimum Gasteiger partial charge on any atom is -0.497 e. The van der Waals surface area contributed by atoms with Gasteiger partial charge in [-0.2, -0.15) is 0 Å². The molecule has 0 aromatic heterocycles. The van der Waals surface area contributed by atoms with Crippen LogP contribution in [0.4, 0.5) is 5.69 Å². The highest BCUT2D eigenvalue weighted by molar-refractivity contribution is 6.12. The number of hydrogen-bond donors (Lipinski definition) is 0. The first-order valence-electron chi connectivity index (χ1n) is 17.8. The van der Waals surface area contributed by atoms with E-state index in [9.17, 15) is 0 Å². The van der Waals surface area contributed by atoms with Crippen molar-refractivity contribution in [2.75, 3.05) is 26.1 Å². The Morgan fingerprint density at radius 2 is 1.29 bits per heavy atom. The number of hydrogen-bond acceptors (Lipinski definition) is 3. The van der Waals surface area contributed by atoms with Crippen LogP contribution in [0.25, 0.3) is 39.1 Å². The van der Waals surface area contributed by atoms with E-state index in [4.69, 9.17) is 9.47 Å². The number of anilines is 1. The van der Waals surface area contributed by atoms with Crippen molar-refractivity contribution >= 4 is 22.5 Å². The van der Waals surface area contributed by atoms with Crippen molar-refractivity contribution in [3.8, 4) is 33.8 Å². The van der Waals surface area contributed by atoms with Gasteiger partial charge in [0.1, 0.15) is 11.5 Å². The minimum absolute atomic E-state index is 0.477. The van der Waals surface area contributed by atoms with Gasteiger partial charge in [-0.3, -0.25) is 0 Å². The van der Waals surface area contributed by atoms with Crippen LogP contribution >= 0.6 is 0 Å². The summed E-state index contributed by atoms with van der Waals surface area (Å²) < 4.78 is 13.6. The molecule has 1 atom stereocenters. The Morgan fingerprint density at radius 3 is 2.00 bits per heavy atom. The molecular formula is C48H35NO2. The second-order valence-corrected chi connectivity index (χ2v) is 14.5. The quantitative estimate of drug-likeness (QED) is 0.188. The molecule has 0 saturated carbocycles. The van der Waals surface area contributed by atoms with Crippen LogP contribution in [0.15, 0.2) is 140 Å². The molecule has 0 N–H and O–H groups in total. The first-order chi connectivity index (χ1) is 25.0. The predicted octanol–water partition coefficient (Wildman–Crippen LogP) is 10.5. The fourth-order valence-corrected chi connectivity index (χ4v) is 9.87. The van der Waals surface area contributed by atoms with Gasteiger partial charge in [0.15, 0.2) is 5.60 Å². The zero-order valence-electron chi connectivity index (χ0n) is 28.8. The zero-order valence-corrected chi connectivity index (χ0v) is 28.8. The van der Waals surface area contributed by atoms with Crippen molar-refractivity contribution in [3.05, 3.63) is 190 Å². The van der Waals surface area contributed by atoms with Crippen molar-refractivity contribution in [1.82, 2.24) is 0 Å². The van der Waals surface area contributed by atoms with Crippen LogP contribution in [0.3, 0.4) is 0 Å². The summed E-state index contributed by atoms with van der Waals surface area (Å²) in [6.07, 6.45) is 5.66. The second-order valence-electron chi connectivity index (χ2n) is 14.5. The van der Waals surface area contributed by atoms with E-state index in [1.807, 2.05) is 0 Å². The lowest BCUT2D eigenvalue weighted by molar-refractivity contribution is 0.163. The van der Waals surface area contributed by atoms with Crippen molar-refractivity contribution < 1.29 is 9.47 Å². The molecule has 1 aliphatic heterocycles. The summed E-state index contributed by atoms with van der Waals surface area (Å²) in [5, 5.41) is 2.23. The van der Waals surface area contributed by atoms with Crippen molar-refractivity contribution in [3.63, 3.8) is 0 Å². The number of nitrogens with zero attached hydrogens (tertiary/aromatic N) is 1. The molecule has 1 spiro atoms. The van der Waals surface area contributed by atoms with E-state index < -0.39 is 11.0 Å². The molecule has 0 bridgehead atoms. The highest BCUT2D eigenvalue weighted by atomic mass is 16.5. The van der Waals surface area contributed by atoms with Crippen LogP contribution in [-0.2, 0) is 17.4 Å². The van der Waals surface area contributed by atoms with Gasteiger partial charge in [0.25, 0.3) is 0 Å². The van der Waals surface area contributed by atoms with Crippen LogP contribution in [0.5, 0.6) is 11.5 Å². The van der Waals surface area contributed by atoms with Gasteiger partial charge >= 0.3 is 0 Å². The molecule has 3 nitrogen and oxygen atoms in total. The Morgan fingerprint density at radius 1 is 0.627 bits per heavy atom. The lowest BCUT2D eigenvalue weighted by atomic mass is 9.67. The molecule has 1 heterocycles. The Labute approximate surface area is 298 Å². The van der Waals surface area contributed by atoms with Crippen LogP contribution < -0.4 is 14.4 Å². The Bertz CT molecular complexity index is 2600. The van der Waals surface area contributed by atoms with Crippen LogP contribution in [0.2, 0.25) is 0 Å². The molecule has 3 aliphatic carbocycles. The van der Waals surface area contributed by atoms with Gasteiger partial charge in [-0.15, -0.1) is 0 Å². The number of fused-ring (bicyclic) bond motifs is 12. The highest BCUT2D eigenvalue weighted by Crippen LogP contribution is 2.68. The zero-order chi connectivity index (χ0) is 34.1. The second kappa shape index (κ2) is 10.0. The van der Waals surface area contributed by atoms with Gasteiger partial charge in [0, 0.05) is 41.9 Å². The number of ether oxygens (including phenoxy) is 2. The third-order valence-corrected chi connectivity index (χ3v) is 12.0. The van der Waals surface area contributed by atoms with E-state index in [-0.39, 0.29) is 0 Å². The minimum atomic E-state index is -0.848. The molecule has 7 aromatic carbocycles. The van der Waals surface area contributed by atoms with Gasteiger partial charge in [-0.1, -0.05) is 109 Å². The van der Waals surface area contributed by atoms with Gasteiger partial charge in [0.05, 0.1) is 12.5 Å². The maximum atomic E-state index is 7.69. The lowest BCUT2D eigenvalue weighted by Gasteiger charge is -2.39. The number of benzene rings is 7. The number of rotatable bonds is 4. The van der Waals surface area contributed by atoms with Gasteiger partial charge in [0.2, 0.25) is 0 Å². The standard InChI is InChI=1S/C48H35NO2/c1-49(2)33-21-19-32(20-22-33)47(31-13-5-4-6-14-31)26-25-37-45-44(35-24-23-34(50-3)28-38(35)46(37)51-47)36-15-7-8-16-39(36)48(45)40-17-9-11-29-27-30-12-10-18-41(48)43(30)42(29)40/h4-26,28H,27H2,1-3H3. The van der Waals surface area contributed by atoms with Crippen molar-refractivity contribution in [2.45, 2.75) is 17.4 Å². The maximum absolute atomic E-state index is 7.69. The topological polar surface area (TPSA) is 21.7 Å². The molecule has 1 unspecified atom stereocenters. The number of methoxy groups -OCH3 is 1. The summed E-state index contributed by atoms with van der Waals surface area (Å²) in [7, 11) is 5.90. The van der Waals surface area contributed by atoms with E-state index in [1.165, 1.54) is 61.0 Å². The van der Waals surface area contributed by atoms with Crippen LogP contribution in [0, 0.1) is 0 Å². The molecular weight excluding hydrogens is 623 g/mol. The first-order valence-corrected chi connectivity index (χ1v) is 17.8. The Balaban J connectivity index is 1.28. The monoisotopic (exact) mass is 657 g/mol. The molecule has 0 saturated heterocycles. The summed E-state index contributed by atoms with van der Waals surface area (Å²) in [6, 6.07) is 49.0. The Kier molecular flexibility index (Phi) is 5.65. The largest absolute Gasteiger partial charge is 0.497 e. The first kappa shape index (κ1) is 28.7. The lowest BCUT2D eigenvalue weighted by Crippen LogP contribution is -2.35. The molecule has 0 radical (unpaired) electrons. The van der Waals surface area contributed by atoms with E-state index >= 15 is 0 Å². The normalized spacial score (nSPS) is 17.5. The molecule has 0 amide bonds. The molecule has 244 valence electrons. The molecule has 7 aromatic rings. The molecule has 3 heteroatoms.